The largest absolute Gasteiger partial charge is 0.496 e. The molecule has 148 valence electrons. The fourth-order valence-electron chi connectivity index (χ4n) is 3.48. The highest BCUT2D eigenvalue weighted by Gasteiger charge is 2.24. The molecule has 1 aliphatic heterocycles. The summed E-state index contributed by atoms with van der Waals surface area (Å²) in [5.74, 6) is -0.0214. The first-order chi connectivity index (χ1) is 13.6. The van der Waals surface area contributed by atoms with Crippen molar-refractivity contribution in [2.24, 2.45) is 0 Å². The van der Waals surface area contributed by atoms with Crippen molar-refractivity contribution in [3.8, 4) is 16.9 Å². The molecule has 28 heavy (non-hydrogen) atoms. The van der Waals surface area contributed by atoms with Crippen molar-refractivity contribution in [3.05, 3.63) is 53.6 Å². The molecule has 0 aliphatic carbocycles. The summed E-state index contributed by atoms with van der Waals surface area (Å²) in [6, 6.07) is 12.7. The minimum Gasteiger partial charge on any atom is -0.496 e. The lowest BCUT2D eigenvalue weighted by atomic mass is 10.00. The number of methoxy groups -OCH3 is 3. The Kier molecular flexibility index (Phi) is 6.31. The fraction of sp³-hybridized carbons (Fsp3) is 0.364. The second-order valence-corrected chi connectivity index (χ2v) is 6.74. The van der Waals surface area contributed by atoms with Crippen LogP contribution in [0.2, 0.25) is 0 Å². The molecule has 0 N–H and O–H groups in total. The van der Waals surface area contributed by atoms with Crippen LogP contribution in [-0.4, -0.2) is 57.3 Å². The molecule has 1 amide bonds. The summed E-state index contributed by atoms with van der Waals surface area (Å²) in [6.45, 7) is 1.35. The van der Waals surface area contributed by atoms with Gasteiger partial charge in [-0.2, -0.15) is 0 Å². The van der Waals surface area contributed by atoms with Crippen molar-refractivity contribution >= 4 is 11.9 Å². The number of hydrogen-bond donors (Lipinski definition) is 0. The average Bonchev–Trinajstić information content (AvgIpc) is 2.77. The highest BCUT2D eigenvalue weighted by molar-refractivity contribution is 5.96. The third kappa shape index (κ3) is 4.17. The van der Waals surface area contributed by atoms with Crippen LogP contribution < -0.4 is 4.74 Å². The summed E-state index contributed by atoms with van der Waals surface area (Å²) < 4.78 is 15.5. The first-order valence-electron chi connectivity index (χ1n) is 9.26. The monoisotopic (exact) mass is 383 g/mol. The number of likely N-dealkylation sites (tertiary alicyclic amines) is 1. The van der Waals surface area contributed by atoms with Crippen molar-refractivity contribution in [1.82, 2.24) is 4.90 Å². The molecule has 1 saturated heterocycles. The predicted molar refractivity (Wildman–Crippen MR) is 106 cm³/mol. The van der Waals surface area contributed by atoms with Crippen LogP contribution in [-0.2, 0) is 9.47 Å². The van der Waals surface area contributed by atoms with E-state index in [1.807, 2.05) is 35.2 Å². The Morgan fingerprint density at radius 1 is 1.04 bits per heavy atom. The molecular formula is C22H25NO5. The lowest BCUT2D eigenvalue weighted by Gasteiger charge is -2.32. The van der Waals surface area contributed by atoms with Gasteiger partial charge in [0.2, 0.25) is 0 Å². The zero-order chi connectivity index (χ0) is 20.1. The topological polar surface area (TPSA) is 65.1 Å². The maximum Gasteiger partial charge on any atom is 0.341 e. The van der Waals surface area contributed by atoms with E-state index in [1.165, 1.54) is 14.2 Å². The van der Waals surface area contributed by atoms with Crippen molar-refractivity contribution in [2.75, 3.05) is 34.4 Å². The van der Waals surface area contributed by atoms with Gasteiger partial charge in [-0.15, -0.1) is 0 Å². The first kappa shape index (κ1) is 19.9. The Hall–Kier alpha value is -2.86. The Morgan fingerprint density at radius 2 is 1.82 bits per heavy atom. The van der Waals surface area contributed by atoms with E-state index in [4.69, 9.17) is 14.2 Å². The van der Waals surface area contributed by atoms with E-state index in [9.17, 15) is 9.59 Å². The van der Waals surface area contributed by atoms with Gasteiger partial charge in [0.15, 0.2) is 0 Å². The van der Waals surface area contributed by atoms with Crippen LogP contribution in [0.3, 0.4) is 0 Å². The summed E-state index contributed by atoms with van der Waals surface area (Å²) in [4.78, 5) is 26.6. The van der Waals surface area contributed by atoms with Crippen LogP contribution in [0.25, 0.3) is 11.1 Å². The van der Waals surface area contributed by atoms with Crippen LogP contribution in [0.15, 0.2) is 42.5 Å². The van der Waals surface area contributed by atoms with Crippen LogP contribution >= 0.6 is 0 Å². The molecule has 1 fully saturated rings. The van der Waals surface area contributed by atoms with Gasteiger partial charge in [-0.1, -0.05) is 18.2 Å². The molecule has 6 heteroatoms. The van der Waals surface area contributed by atoms with Crippen LogP contribution in [0.4, 0.5) is 0 Å². The van der Waals surface area contributed by atoms with E-state index in [0.717, 1.165) is 30.5 Å². The summed E-state index contributed by atoms with van der Waals surface area (Å²) in [7, 11) is 4.53. The molecule has 0 aromatic heterocycles. The molecule has 1 heterocycles. The number of ether oxygens (including phenoxy) is 3. The molecule has 0 radical (unpaired) electrons. The zero-order valence-corrected chi connectivity index (χ0v) is 16.4. The minimum atomic E-state index is -0.454. The number of esters is 1. The Morgan fingerprint density at radius 3 is 2.54 bits per heavy atom. The highest BCUT2D eigenvalue weighted by Crippen LogP contribution is 2.29. The van der Waals surface area contributed by atoms with Crippen LogP contribution in [0.1, 0.15) is 33.6 Å². The minimum absolute atomic E-state index is 0.00162. The number of amides is 1. The van der Waals surface area contributed by atoms with Crippen LogP contribution in [0.5, 0.6) is 5.75 Å². The standard InChI is InChI=1S/C22H25NO5/c1-26-18-8-5-11-23(14-18)21(24)17-7-4-6-15(12-17)16-9-10-19(22(25)28-3)20(13-16)27-2/h4,6-7,9-10,12-13,18H,5,8,11,14H2,1-3H3. The van der Waals surface area contributed by atoms with Crippen molar-refractivity contribution < 1.29 is 23.8 Å². The lowest BCUT2D eigenvalue weighted by molar-refractivity contribution is 0.0269. The van der Waals surface area contributed by atoms with Gasteiger partial charge in [-0.05, 0) is 48.2 Å². The van der Waals surface area contributed by atoms with Crippen molar-refractivity contribution in [1.29, 1.82) is 0 Å². The molecule has 3 rings (SSSR count). The summed E-state index contributed by atoms with van der Waals surface area (Å²) in [6.07, 6.45) is 2.01. The van der Waals surface area contributed by atoms with Crippen molar-refractivity contribution in [3.63, 3.8) is 0 Å². The van der Waals surface area contributed by atoms with E-state index < -0.39 is 5.97 Å². The SMILES string of the molecule is COC(=O)c1ccc(-c2cccc(C(=O)N3CCCC(OC)C3)c2)cc1OC. The second-order valence-electron chi connectivity index (χ2n) is 6.74. The number of benzene rings is 2. The molecule has 0 saturated carbocycles. The summed E-state index contributed by atoms with van der Waals surface area (Å²) >= 11 is 0. The molecule has 1 atom stereocenters. The third-order valence-corrected chi connectivity index (χ3v) is 5.05. The molecular weight excluding hydrogens is 358 g/mol. The first-order valence-corrected chi connectivity index (χ1v) is 9.26. The van der Waals surface area contributed by atoms with Gasteiger partial charge in [0.1, 0.15) is 11.3 Å². The highest BCUT2D eigenvalue weighted by atomic mass is 16.5. The number of piperidine rings is 1. The number of hydrogen-bond acceptors (Lipinski definition) is 5. The van der Waals surface area contributed by atoms with Gasteiger partial charge in [-0.3, -0.25) is 4.79 Å². The van der Waals surface area contributed by atoms with Gasteiger partial charge in [0.25, 0.3) is 5.91 Å². The molecule has 0 bridgehead atoms. The number of nitrogens with zero attached hydrogens (tertiary/aromatic N) is 1. The molecule has 2 aromatic rings. The summed E-state index contributed by atoms with van der Waals surface area (Å²) in [5.41, 5.74) is 2.72. The third-order valence-electron chi connectivity index (χ3n) is 5.05. The molecule has 0 spiro atoms. The lowest BCUT2D eigenvalue weighted by Crippen LogP contribution is -2.42. The van der Waals surface area contributed by atoms with Gasteiger partial charge >= 0.3 is 5.97 Å². The number of carbonyl (C=O) groups is 2. The average molecular weight is 383 g/mol. The van der Waals surface area contributed by atoms with Gasteiger partial charge in [-0.25, -0.2) is 4.79 Å². The quantitative estimate of drug-likeness (QED) is 0.741. The Balaban J connectivity index is 1.87. The predicted octanol–water partition coefficient (Wildman–Crippen LogP) is 3.40. The maximum absolute atomic E-state index is 12.9. The van der Waals surface area contributed by atoms with Gasteiger partial charge in [0.05, 0.1) is 20.3 Å². The van der Waals surface area contributed by atoms with E-state index in [-0.39, 0.29) is 12.0 Å². The normalized spacial score (nSPS) is 16.5. The number of rotatable bonds is 5. The van der Waals surface area contributed by atoms with Crippen molar-refractivity contribution in [2.45, 2.75) is 18.9 Å². The Labute approximate surface area is 165 Å². The van der Waals surface area contributed by atoms with Crippen LogP contribution in [0, 0.1) is 0 Å². The summed E-state index contributed by atoms with van der Waals surface area (Å²) in [5, 5.41) is 0. The van der Waals surface area contributed by atoms with Gasteiger partial charge < -0.3 is 19.1 Å². The number of carbonyl (C=O) groups excluding carboxylic acids is 2. The molecule has 1 unspecified atom stereocenters. The molecule has 6 nitrogen and oxygen atoms in total. The van der Waals surface area contributed by atoms with Gasteiger partial charge in [0, 0.05) is 25.8 Å². The van der Waals surface area contributed by atoms with E-state index in [2.05, 4.69) is 0 Å². The van der Waals surface area contributed by atoms with E-state index in [1.54, 1.807) is 19.2 Å². The second kappa shape index (κ2) is 8.89. The fourth-order valence-corrected chi connectivity index (χ4v) is 3.48. The maximum atomic E-state index is 12.9. The Bertz CT molecular complexity index is 864. The van der Waals surface area contributed by atoms with E-state index in [0.29, 0.717) is 23.4 Å². The zero-order valence-electron chi connectivity index (χ0n) is 16.4. The molecule has 2 aromatic carbocycles. The molecule has 1 aliphatic rings. The van der Waals surface area contributed by atoms with E-state index >= 15 is 0 Å². The smallest absolute Gasteiger partial charge is 0.341 e.